The molecule has 1 aromatic carbocycles. The van der Waals surface area contributed by atoms with Crippen molar-refractivity contribution in [2.45, 2.75) is 38.3 Å². The molecule has 3 nitrogen and oxygen atoms in total. The van der Waals surface area contributed by atoms with E-state index < -0.39 is 0 Å². The predicted octanol–water partition coefficient (Wildman–Crippen LogP) is 2.14. The largest absolute Gasteiger partial charge is 0.461 e. The molecular formula is C14H17NO2. The first-order valence-electron chi connectivity index (χ1n) is 6.31. The minimum Gasteiger partial charge on any atom is -0.461 e. The van der Waals surface area contributed by atoms with Crippen molar-refractivity contribution in [3.8, 4) is 0 Å². The maximum absolute atomic E-state index is 11.8. The first-order chi connectivity index (χ1) is 8.25. The first kappa shape index (κ1) is 10.6. The van der Waals surface area contributed by atoms with Gasteiger partial charge >= 0.3 is 5.97 Å². The van der Waals surface area contributed by atoms with E-state index in [4.69, 9.17) is 4.74 Å². The molecule has 2 aliphatic rings. The smallest absolute Gasteiger partial charge is 0.329 e. The lowest BCUT2D eigenvalue weighted by Crippen LogP contribution is -2.41. The van der Waals surface area contributed by atoms with Gasteiger partial charge in [0.25, 0.3) is 0 Å². The van der Waals surface area contributed by atoms with E-state index in [0.29, 0.717) is 0 Å². The van der Waals surface area contributed by atoms with Gasteiger partial charge in [0.2, 0.25) is 0 Å². The van der Waals surface area contributed by atoms with Crippen LogP contribution >= 0.6 is 0 Å². The SMILES string of the molecule is C[C@@H]1C[C@H](N2CCCc3ccccc32)C(=O)O1. The summed E-state index contributed by atoms with van der Waals surface area (Å²) in [5.41, 5.74) is 2.57. The molecule has 0 radical (unpaired) electrons. The Labute approximate surface area is 101 Å². The first-order valence-corrected chi connectivity index (χ1v) is 6.31. The molecule has 0 saturated carbocycles. The maximum Gasteiger partial charge on any atom is 0.329 e. The molecule has 3 rings (SSSR count). The third-order valence-corrected chi connectivity index (χ3v) is 3.67. The van der Waals surface area contributed by atoms with Crippen molar-refractivity contribution in [1.82, 2.24) is 0 Å². The summed E-state index contributed by atoms with van der Waals surface area (Å²) < 4.78 is 5.26. The van der Waals surface area contributed by atoms with E-state index in [1.807, 2.05) is 13.0 Å². The third kappa shape index (κ3) is 1.79. The van der Waals surface area contributed by atoms with E-state index in [9.17, 15) is 4.79 Å². The Hall–Kier alpha value is -1.51. The fourth-order valence-corrected chi connectivity index (χ4v) is 2.88. The highest BCUT2D eigenvalue weighted by Gasteiger charge is 2.37. The fraction of sp³-hybridized carbons (Fsp3) is 0.500. The zero-order valence-corrected chi connectivity index (χ0v) is 10.1. The van der Waals surface area contributed by atoms with Crippen LogP contribution in [0.3, 0.4) is 0 Å². The third-order valence-electron chi connectivity index (χ3n) is 3.67. The Morgan fingerprint density at radius 1 is 1.35 bits per heavy atom. The summed E-state index contributed by atoms with van der Waals surface area (Å²) in [7, 11) is 0. The summed E-state index contributed by atoms with van der Waals surface area (Å²) in [5, 5.41) is 0. The van der Waals surface area contributed by atoms with Gasteiger partial charge in [-0.3, -0.25) is 0 Å². The molecule has 17 heavy (non-hydrogen) atoms. The number of aryl methyl sites for hydroxylation is 1. The molecule has 3 heteroatoms. The van der Waals surface area contributed by atoms with Crippen molar-refractivity contribution in [2.75, 3.05) is 11.4 Å². The van der Waals surface area contributed by atoms with Crippen molar-refractivity contribution in [3.63, 3.8) is 0 Å². The number of rotatable bonds is 1. The molecular weight excluding hydrogens is 214 g/mol. The Bertz CT molecular complexity index is 444. The second-order valence-electron chi connectivity index (χ2n) is 4.92. The van der Waals surface area contributed by atoms with Crippen molar-refractivity contribution in [3.05, 3.63) is 29.8 Å². The van der Waals surface area contributed by atoms with Gasteiger partial charge in [0.1, 0.15) is 12.1 Å². The van der Waals surface area contributed by atoms with Crippen LogP contribution in [0.4, 0.5) is 5.69 Å². The Morgan fingerprint density at radius 2 is 2.18 bits per heavy atom. The number of hydrogen-bond acceptors (Lipinski definition) is 3. The average Bonchev–Trinajstić information content (AvgIpc) is 2.68. The lowest BCUT2D eigenvalue weighted by atomic mass is 9.99. The van der Waals surface area contributed by atoms with Crippen LogP contribution in [0.15, 0.2) is 24.3 Å². The van der Waals surface area contributed by atoms with Crippen molar-refractivity contribution in [1.29, 1.82) is 0 Å². The number of ether oxygens (including phenoxy) is 1. The number of fused-ring (bicyclic) bond motifs is 1. The van der Waals surface area contributed by atoms with Gasteiger partial charge in [0, 0.05) is 18.7 Å². The van der Waals surface area contributed by atoms with E-state index in [1.54, 1.807) is 0 Å². The summed E-state index contributed by atoms with van der Waals surface area (Å²) in [5.74, 6) is -0.0609. The number of para-hydroxylation sites is 1. The Morgan fingerprint density at radius 3 is 2.94 bits per heavy atom. The highest BCUT2D eigenvalue weighted by Crippen LogP contribution is 2.32. The highest BCUT2D eigenvalue weighted by atomic mass is 16.6. The second-order valence-corrected chi connectivity index (χ2v) is 4.92. The van der Waals surface area contributed by atoms with Crippen LogP contribution < -0.4 is 4.90 Å². The van der Waals surface area contributed by atoms with Crippen LogP contribution in [-0.4, -0.2) is 24.7 Å². The van der Waals surface area contributed by atoms with Crippen LogP contribution in [0.5, 0.6) is 0 Å². The lowest BCUT2D eigenvalue weighted by molar-refractivity contribution is -0.141. The number of carbonyl (C=O) groups is 1. The molecule has 0 aliphatic carbocycles. The maximum atomic E-state index is 11.8. The second kappa shape index (κ2) is 4.06. The van der Waals surface area contributed by atoms with Gasteiger partial charge in [0.05, 0.1) is 0 Å². The summed E-state index contributed by atoms with van der Waals surface area (Å²) in [6.45, 7) is 2.93. The predicted molar refractivity (Wildman–Crippen MR) is 66.1 cm³/mol. The molecule has 2 heterocycles. The van der Waals surface area contributed by atoms with Crippen LogP contribution in [0, 0.1) is 0 Å². The zero-order chi connectivity index (χ0) is 11.8. The minimum atomic E-state index is -0.0774. The Balaban J connectivity index is 1.93. The summed E-state index contributed by atoms with van der Waals surface area (Å²) >= 11 is 0. The molecule has 1 saturated heterocycles. The van der Waals surface area contributed by atoms with E-state index in [1.165, 1.54) is 11.3 Å². The topological polar surface area (TPSA) is 29.5 Å². The number of carbonyl (C=O) groups excluding carboxylic acids is 1. The van der Waals surface area contributed by atoms with Gasteiger partial charge in [-0.15, -0.1) is 0 Å². The molecule has 0 bridgehead atoms. The van der Waals surface area contributed by atoms with Gasteiger partial charge in [0.15, 0.2) is 0 Å². The summed E-state index contributed by atoms with van der Waals surface area (Å²) in [6.07, 6.45) is 3.10. The fourth-order valence-electron chi connectivity index (χ4n) is 2.88. The number of anilines is 1. The quantitative estimate of drug-likeness (QED) is 0.693. The molecule has 0 N–H and O–H groups in total. The van der Waals surface area contributed by atoms with Gasteiger partial charge in [-0.25, -0.2) is 4.79 Å². The summed E-state index contributed by atoms with van der Waals surface area (Å²) in [4.78, 5) is 14.1. The van der Waals surface area contributed by atoms with E-state index in [0.717, 1.165) is 25.8 Å². The summed E-state index contributed by atoms with van der Waals surface area (Å²) in [6, 6.07) is 8.31. The average molecular weight is 231 g/mol. The van der Waals surface area contributed by atoms with Crippen molar-refractivity contribution >= 4 is 11.7 Å². The van der Waals surface area contributed by atoms with Gasteiger partial charge in [-0.1, -0.05) is 18.2 Å². The number of benzene rings is 1. The van der Waals surface area contributed by atoms with E-state index >= 15 is 0 Å². The molecule has 2 aliphatic heterocycles. The van der Waals surface area contributed by atoms with E-state index in [-0.39, 0.29) is 18.1 Å². The molecule has 90 valence electrons. The monoisotopic (exact) mass is 231 g/mol. The highest BCUT2D eigenvalue weighted by molar-refractivity contribution is 5.82. The molecule has 2 atom stereocenters. The van der Waals surface area contributed by atoms with Crippen LogP contribution in [0.1, 0.15) is 25.3 Å². The van der Waals surface area contributed by atoms with Crippen LogP contribution in [-0.2, 0) is 16.0 Å². The molecule has 0 amide bonds. The van der Waals surface area contributed by atoms with E-state index in [2.05, 4.69) is 23.1 Å². The zero-order valence-electron chi connectivity index (χ0n) is 10.1. The Kier molecular flexibility index (Phi) is 2.54. The van der Waals surface area contributed by atoms with Gasteiger partial charge in [-0.05, 0) is 31.4 Å². The number of cyclic esters (lactones) is 1. The van der Waals surface area contributed by atoms with Crippen molar-refractivity contribution < 1.29 is 9.53 Å². The number of nitrogens with zero attached hydrogens (tertiary/aromatic N) is 1. The van der Waals surface area contributed by atoms with Crippen LogP contribution in [0.2, 0.25) is 0 Å². The van der Waals surface area contributed by atoms with Gasteiger partial charge < -0.3 is 9.64 Å². The minimum absolute atomic E-state index is 0.0570. The van der Waals surface area contributed by atoms with Crippen LogP contribution in [0.25, 0.3) is 0 Å². The van der Waals surface area contributed by atoms with Gasteiger partial charge in [-0.2, -0.15) is 0 Å². The molecule has 0 aromatic heterocycles. The molecule has 0 spiro atoms. The lowest BCUT2D eigenvalue weighted by Gasteiger charge is -2.34. The number of esters is 1. The molecule has 1 aromatic rings. The molecule has 0 unspecified atom stereocenters. The normalized spacial score (nSPS) is 27.8. The number of hydrogen-bond donors (Lipinski definition) is 0. The standard InChI is InChI=1S/C14H17NO2/c1-10-9-13(14(16)17-10)15-8-4-6-11-5-2-3-7-12(11)15/h2-3,5,7,10,13H,4,6,8-9H2,1H3/t10-,13+/m1/s1. The van der Waals surface area contributed by atoms with Crippen molar-refractivity contribution in [2.24, 2.45) is 0 Å². The molecule has 1 fully saturated rings.